The highest BCUT2D eigenvalue weighted by Gasteiger charge is 2.04. The average Bonchev–Trinajstić information content (AvgIpc) is 2.93. The lowest BCUT2D eigenvalue weighted by atomic mass is 10.2. The van der Waals surface area contributed by atoms with Gasteiger partial charge in [0.2, 0.25) is 0 Å². The monoisotopic (exact) mass is 353 g/mol. The van der Waals surface area contributed by atoms with E-state index in [2.05, 4.69) is 76.1 Å². The summed E-state index contributed by atoms with van der Waals surface area (Å²) >= 11 is 2.94. The van der Waals surface area contributed by atoms with E-state index in [1.807, 2.05) is 42.2 Å². The maximum absolute atomic E-state index is 2.94. The first-order valence-corrected chi connectivity index (χ1v) is 8.76. The lowest BCUT2D eigenvalue weighted by Gasteiger charge is -1.95. The molecule has 0 atom stereocenters. The number of fused-ring (bicyclic) bond motifs is 3. The van der Waals surface area contributed by atoms with Gasteiger partial charge in [-0.15, -0.1) is 0 Å². The smallest absolute Gasteiger partial charge is 0.0488 e. The van der Waals surface area contributed by atoms with Crippen LogP contribution in [0, 0.1) is 0 Å². The van der Waals surface area contributed by atoms with E-state index in [0.717, 1.165) is 0 Å². The summed E-state index contributed by atoms with van der Waals surface area (Å²) in [5.74, 6) is 1.81. The second-order valence-electron chi connectivity index (χ2n) is 4.75. The largest absolute Gasteiger partial charge is 0.344 e. The van der Waals surface area contributed by atoms with Crippen molar-refractivity contribution in [2.75, 3.05) is 5.83 Å². The summed E-state index contributed by atoms with van der Waals surface area (Å²) in [6, 6.07) is 29.0. The molecule has 4 rings (SSSR count). The van der Waals surface area contributed by atoms with Crippen LogP contribution in [0.15, 0.2) is 84.9 Å². The predicted molar refractivity (Wildman–Crippen MR) is 102 cm³/mol. The Kier molecular flexibility index (Phi) is 6.23. The van der Waals surface area contributed by atoms with Crippen molar-refractivity contribution in [3.63, 3.8) is 0 Å². The number of halogens is 1. The van der Waals surface area contributed by atoms with E-state index >= 15 is 0 Å². The molecule has 0 aliphatic heterocycles. The number of benzene rings is 3. The molecule has 2 heteroatoms. The van der Waals surface area contributed by atoms with Crippen LogP contribution in [0.3, 0.4) is 0 Å². The lowest BCUT2D eigenvalue weighted by molar-refractivity contribution is 1.01. The van der Waals surface area contributed by atoms with Crippen LogP contribution < -0.4 is 0 Å². The van der Waals surface area contributed by atoms with Crippen LogP contribution in [0.2, 0.25) is 0 Å². The molecule has 0 saturated heterocycles. The molecular weight excluding hydrogens is 334 g/mol. The Bertz CT molecular complexity index is 739. The molecule has 0 amide bonds. The second kappa shape index (κ2) is 8.40. The molecule has 4 aromatic rings. The van der Waals surface area contributed by atoms with E-state index in [9.17, 15) is 0 Å². The minimum Gasteiger partial charge on any atom is -0.344 e. The van der Waals surface area contributed by atoms with E-state index in [1.54, 1.807) is 0 Å². The van der Waals surface area contributed by atoms with Crippen LogP contribution in [-0.4, -0.2) is 10.4 Å². The Morgan fingerprint density at radius 1 is 0.545 bits per heavy atom. The molecule has 0 unspecified atom stereocenters. The Labute approximate surface area is 140 Å². The SMILES string of the molecule is CBr.Cn1c2ccccc2c2ccccc21.c1ccccc1. The van der Waals surface area contributed by atoms with Crippen molar-refractivity contribution in [3.8, 4) is 0 Å². The number of hydrogen-bond donors (Lipinski definition) is 0. The van der Waals surface area contributed by atoms with Gasteiger partial charge in [-0.2, -0.15) is 0 Å². The van der Waals surface area contributed by atoms with Crippen molar-refractivity contribution in [3.05, 3.63) is 84.9 Å². The number of aryl methyl sites for hydroxylation is 1. The van der Waals surface area contributed by atoms with Gasteiger partial charge in [0.1, 0.15) is 0 Å². The van der Waals surface area contributed by atoms with Crippen molar-refractivity contribution >= 4 is 37.7 Å². The topological polar surface area (TPSA) is 4.93 Å². The van der Waals surface area contributed by atoms with E-state index in [-0.39, 0.29) is 0 Å². The molecule has 0 spiro atoms. The summed E-state index contributed by atoms with van der Waals surface area (Å²) in [5.41, 5.74) is 2.60. The molecular formula is C20H20BrN. The molecule has 1 aromatic heterocycles. The molecule has 22 heavy (non-hydrogen) atoms. The average molecular weight is 354 g/mol. The van der Waals surface area contributed by atoms with Crippen LogP contribution in [0.25, 0.3) is 21.8 Å². The fourth-order valence-corrected chi connectivity index (χ4v) is 2.50. The summed E-state index contributed by atoms with van der Waals surface area (Å²) in [7, 11) is 2.12. The van der Waals surface area contributed by atoms with Crippen LogP contribution >= 0.6 is 15.9 Å². The molecule has 0 saturated carbocycles. The summed E-state index contributed by atoms with van der Waals surface area (Å²) in [6.45, 7) is 0. The van der Waals surface area contributed by atoms with E-state index < -0.39 is 0 Å². The van der Waals surface area contributed by atoms with Gasteiger partial charge in [0, 0.05) is 28.9 Å². The number of para-hydroxylation sites is 2. The van der Waals surface area contributed by atoms with Crippen molar-refractivity contribution in [2.45, 2.75) is 0 Å². The first-order chi connectivity index (χ1) is 10.9. The molecule has 3 aromatic carbocycles. The fourth-order valence-electron chi connectivity index (χ4n) is 2.50. The first kappa shape index (κ1) is 16.3. The maximum atomic E-state index is 2.94. The Morgan fingerprint density at radius 3 is 1.23 bits per heavy atom. The van der Waals surface area contributed by atoms with E-state index in [0.29, 0.717) is 0 Å². The molecule has 112 valence electrons. The van der Waals surface area contributed by atoms with Crippen LogP contribution in [0.5, 0.6) is 0 Å². The molecule has 0 bridgehead atoms. The number of aromatic nitrogens is 1. The van der Waals surface area contributed by atoms with Gasteiger partial charge in [0.15, 0.2) is 0 Å². The van der Waals surface area contributed by atoms with Gasteiger partial charge in [-0.05, 0) is 18.0 Å². The van der Waals surface area contributed by atoms with E-state index in [4.69, 9.17) is 0 Å². The third-order valence-corrected chi connectivity index (χ3v) is 3.49. The van der Waals surface area contributed by atoms with Gasteiger partial charge >= 0.3 is 0 Å². The summed E-state index contributed by atoms with van der Waals surface area (Å²) in [5, 5.41) is 2.68. The number of alkyl halides is 1. The first-order valence-electron chi connectivity index (χ1n) is 7.18. The summed E-state index contributed by atoms with van der Waals surface area (Å²) in [4.78, 5) is 0. The molecule has 1 nitrogen and oxygen atoms in total. The molecule has 0 N–H and O–H groups in total. The zero-order valence-electron chi connectivity index (χ0n) is 12.9. The Hall–Kier alpha value is -2.06. The highest BCUT2D eigenvalue weighted by atomic mass is 79.9. The highest BCUT2D eigenvalue weighted by molar-refractivity contribution is 9.08. The zero-order valence-corrected chi connectivity index (χ0v) is 14.5. The summed E-state index contributed by atoms with van der Waals surface area (Å²) < 4.78 is 2.24. The number of nitrogens with zero attached hydrogens (tertiary/aromatic N) is 1. The van der Waals surface area contributed by atoms with Gasteiger partial charge in [-0.25, -0.2) is 0 Å². The van der Waals surface area contributed by atoms with Gasteiger partial charge in [0.25, 0.3) is 0 Å². The normalized spacial score (nSPS) is 9.59. The standard InChI is InChI=1S/C13H11N.C6H6.CH3Br/c1-14-12-8-4-2-6-10(12)11-7-3-5-9-13(11)14;1-2-4-6-5-3-1;1-2/h2-9H,1H3;1-6H;1H3. The number of rotatable bonds is 0. The zero-order chi connectivity index (χ0) is 15.8. The third-order valence-electron chi connectivity index (χ3n) is 3.49. The Balaban J connectivity index is 0.000000186. The van der Waals surface area contributed by atoms with Gasteiger partial charge < -0.3 is 4.57 Å². The second-order valence-corrected chi connectivity index (χ2v) is 4.75. The van der Waals surface area contributed by atoms with Crippen molar-refractivity contribution in [2.24, 2.45) is 7.05 Å². The van der Waals surface area contributed by atoms with Crippen LogP contribution in [0.1, 0.15) is 0 Å². The van der Waals surface area contributed by atoms with Crippen LogP contribution in [-0.2, 0) is 7.05 Å². The molecule has 0 aliphatic rings. The Morgan fingerprint density at radius 2 is 0.864 bits per heavy atom. The maximum Gasteiger partial charge on any atom is 0.0488 e. The minimum absolute atomic E-state index is 1.30. The van der Waals surface area contributed by atoms with Gasteiger partial charge in [-0.1, -0.05) is 88.7 Å². The fraction of sp³-hybridized carbons (Fsp3) is 0.100. The van der Waals surface area contributed by atoms with Gasteiger partial charge in [-0.3, -0.25) is 0 Å². The van der Waals surface area contributed by atoms with E-state index in [1.165, 1.54) is 21.8 Å². The molecule has 0 radical (unpaired) electrons. The third kappa shape index (κ3) is 3.58. The lowest BCUT2D eigenvalue weighted by Crippen LogP contribution is -1.84. The quantitative estimate of drug-likeness (QED) is 0.340. The minimum atomic E-state index is 1.30. The van der Waals surface area contributed by atoms with Crippen LogP contribution in [0.4, 0.5) is 0 Å². The van der Waals surface area contributed by atoms with Crippen molar-refractivity contribution in [1.29, 1.82) is 0 Å². The molecule has 0 aliphatic carbocycles. The molecule has 0 fully saturated rings. The van der Waals surface area contributed by atoms with Crippen molar-refractivity contribution < 1.29 is 0 Å². The number of hydrogen-bond acceptors (Lipinski definition) is 0. The summed E-state index contributed by atoms with van der Waals surface area (Å²) in [6.07, 6.45) is 0. The van der Waals surface area contributed by atoms with Gasteiger partial charge in [0.05, 0.1) is 0 Å². The highest BCUT2D eigenvalue weighted by Crippen LogP contribution is 2.26. The molecule has 1 heterocycles. The predicted octanol–water partition coefficient (Wildman–Crippen LogP) is 6.03. The van der Waals surface area contributed by atoms with Crippen molar-refractivity contribution in [1.82, 2.24) is 4.57 Å².